The smallest absolute Gasteiger partial charge is 0.407 e. The predicted octanol–water partition coefficient (Wildman–Crippen LogP) is 3.45. The van der Waals surface area contributed by atoms with Crippen molar-refractivity contribution < 1.29 is 23.9 Å². The second-order valence-corrected chi connectivity index (χ2v) is 7.85. The third kappa shape index (κ3) is 10.5. The maximum Gasteiger partial charge on any atom is 0.407 e. The number of ether oxygens (including phenoxy) is 2. The largest absolute Gasteiger partial charge is 0.462 e. The fraction of sp³-hybridized carbons (Fsp3) is 0.526. The summed E-state index contributed by atoms with van der Waals surface area (Å²) in [5.41, 5.74) is 0.406. The van der Waals surface area contributed by atoms with Crippen molar-refractivity contribution in [1.82, 2.24) is 5.32 Å². The van der Waals surface area contributed by atoms with Gasteiger partial charge in [0.1, 0.15) is 5.60 Å². The number of nitrogens with one attached hydrogen (secondary N) is 2. The Labute approximate surface area is 164 Å². The lowest BCUT2D eigenvalue weighted by Gasteiger charge is -2.19. The van der Waals surface area contributed by atoms with Crippen molar-refractivity contribution in [2.24, 2.45) is 0 Å². The average molecular weight is 397 g/mol. The first-order chi connectivity index (χ1) is 12.7. The van der Waals surface area contributed by atoms with Gasteiger partial charge in [-0.05, 0) is 45.4 Å². The molecule has 150 valence electrons. The quantitative estimate of drug-likeness (QED) is 0.490. The highest BCUT2D eigenvalue weighted by Gasteiger charge is 2.15. The van der Waals surface area contributed by atoms with Gasteiger partial charge in [0.05, 0.1) is 17.9 Å². The summed E-state index contributed by atoms with van der Waals surface area (Å²) in [6.45, 7) is 8.08. The van der Waals surface area contributed by atoms with Crippen molar-refractivity contribution in [2.45, 2.75) is 39.7 Å². The van der Waals surface area contributed by atoms with Crippen molar-refractivity contribution in [3.05, 3.63) is 29.8 Å². The summed E-state index contributed by atoms with van der Waals surface area (Å²) in [6, 6.07) is 6.63. The molecule has 1 rings (SSSR count). The van der Waals surface area contributed by atoms with Gasteiger partial charge < -0.3 is 20.1 Å². The van der Waals surface area contributed by atoms with E-state index in [1.54, 1.807) is 45.0 Å². The topological polar surface area (TPSA) is 93.7 Å². The van der Waals surface area contributed by atoms with E-state index in [4.69, 9.17) is 9.47 Å². The zero-order chi connectivity index (χ0) is 20.3. The summed E-state index contributed by atoms with van der Waals surface area (Å²) in [6.07, 6.45) is 0.279. The molecule has 0 aliphatic carbocycles. The number of rotatable bonds is 9. The molecule has 0 spiro atoms. The van der Waals surface area contributed by atoms with Gasteiger partial charge in [0, 0.05) is 18.0 Å². The molecule has 0 aromatic heterocycles. The van der Waals surface area contributed by atoms with Crippen LogP contribution in [-0.4, -0.2) is 48.2 Å². The molecule has 0 atom stereocenters. The van der Waals surface area contributed by atoms with Gasteiger partial charge in [-0.3, -0.25) is 4.79 Å². The Bertz CT molecular complexity index is 643. The number of alkyl carbamates (subject to hydrolysis) is 1. The lowest BCUT2D eigenvalue weighted by molar-refractivity contribution is -0.113. The molecule has 0 radical (unpaired) electrons. The number of benzene rings is 1. The third-order valence-electron chi connectivity index (χ3n) is 2.97. The van der Waals surface area contributed by atoms with E-state index in [2.05, 4.69) is 10.6 Å². The number of amides is 2. The van der Waals surface area contributed by atoms with Crippen LogP contribution in [-0.2, 0) is 14.3 Å². The van der Waals surface area contributed by atoms with E-state index in [9.17, 15) is 14.4 Å². The fourth-order valence-electron chi connectivity index (χ4n) is 1.90. The highest BCUT2D eigenvalue weighted by molar-refractivity contribution is 7.99. The molecule has 1 aromatic rings. The molecule has 0 fully saturated rings. The molecule has 0 heterocycles. The lowest BCUT2D eigenvalue weighted by atomic mass is 10.2. The number of esters is 1. The van der Waals surface area contributed by atoms with Gasteiger partial charge in [0.2, 0.25) is 5.91 Å². The van der Waals surface area contributed by atoms with Crippen molar-refractivity contribution in [3.63, 3.8) is 0 Å². The van der Waals surface area contributed by atoms with Crippen LogP contribution in [0.25, 0.3) is 0 Å². The fourth-order valence-corrected chi connectivity index (χ4v) is 2.55. The first-order valence-electron chi connectivity index (χ1n) is 8.83. The third-order valence-corrected chi connectivity index (χ3v) is 3.93. The Morgan fingerprint density at radius 2 is 1.93 bits per heavy atom. The number of carbonyl (C=O) groups excluding carboxylic acids is 3. The number of anilines is 1. The van der Waals surface area contributed by atoms with E-state index in [0.717, 1.165) is 6.42 Å². The van der Waals surface area contributed by atoms with Gasteiger partial charge in [-0.15, -0.1) is 0 Å². The molecular weight excluding hydrogens is 368 g/mol. The Balaban J connectivity index is 2.31. The summed E-state index contributed by atoms with van der Waals surface area (Å²) in [4.78, 5) is 35.3. The monoisotopic (exact) mass is 396 g/mol. The van der Waals surface area contributed by atoms with Crippen LogP contribution in [0.3, 0.4) is 0 Å². The van der Waals surface area contributed by atoms with Crippen LogP contribution in [0.2, 0.25) is 0 Å². The summed E-state index contributed by atoms with van der Waals surface area (Å²) in [5.74, 6) is 0.225. The van der Waals surface area contributed by atoms with Crippen molar-refractivity contribution in [1.29, 1.82) is 0 Å². The van der Waals surface area contributed by atoms with Gasteiger partial charge >= 0.3 is 12.1 Å². The molecule has 7 nitrogen and oxygen atoms in total. The minimum atomic E-state index is -0.533. The summed E-state index contributed by atoms with van der Waals surface area (Å²) >= 11 is 1.39. The molecule has 2 amide bonds. The van der Waals surface area contributed by atoms with E-state index in [-0.39, 0.29) is 11.7 Å². The average Bonchev–Trinajstić information content (AvgIpc) is 2.58. The maximum atomic E-state index is 12.0. The molecule has 0 bridgehead atoms. The molecule has 27 heavy (non-hydrogen) atoms. The first-order valence-corrected chi connectivity index (χ1v) is 9.98. The highest BCUT2D eigenvalue weighted by Crippen LogP contribution is 2.13. The van der Waals surface area contributed by atoms with Crippen LogP contribution in [0.1, 0.15) is 44.5 Å². The van der Waals surface area contributed by atoms with E-state index in [0.29, 0.717) is 30.2 Å². The van der Waals surface area contributed by atoms with Gasteiger partial charge in [0.25, 0.3) is 0 Å². The molecule has 0 unspecified atom stereocenters. The van der Waals surface area contributed by atoms with E-state index >= 15 is 0 Å². The van der Waals surface area contributed by atoms with Gasteiger partial charge in [-0.1, -0.05) is 13.0 Å². The molecule has 0 aliphatic rings. The minimum Gasteiger partial charge on any atom is -0.462 e. The maximum absolute atomic E-state index is 12.0. The van der Waals surface area contributed by atoms with E-state index in [1.165, 1.54) is 11.8 Å². The van der Waals surface area contributed by atoms with Crippen molar-refractivity contribution >= 4 is 35.4 Å². The standard InChI is InChI=1S/C19H28N2O5S/c1-5-10-25-17(23)14-7-6-8-15(12-14)21-16(22)13-27-11-9-20-18(24)26-19(2,3)4/h6-8,12H,5,9-11,13H2,1-4H3,(H,20,24)(H,21,22). The minimum absolute atomic E-state index is 0.184. The summed E-state index contributed by atoms with van der Waals surface area (Å²) < 4.78 is 10.2. The van der Waals surface area contributed by atoms with Gasteiger partial charge in [0.15, 0.2) is 0 Å². The molecule has 0 aliphatic heterocycles. The number of carbonyl (C=O) groups is 3. The van der Waals surface area contributed by atoms with Crippen LogP contribution in [0, 0.1) is 0 Å². The van der Waals surface area contributed by atoms with E-state index < -0.39 is 17.7 Å². The predicted molar refractivity (Wildman–Crippen MR) is 107 cm³/mol. The normalized spacial score (nSPS) is 10.8. The number of hydrogen-bond donors (Lipinski definition) is 2. The van der Waals surface area contributed by atoms with Crippen LogP contribution in [0.15, 0.2) is 24.3 Å². The molecule has 2 N–H and O–H groups in total. The molecule has 8 heteroatoms. The van der Waals surface area contributed by atoms with Crippen LogP contribution >= 0.6 is 11.8 Å². The Morgan fingerprint density at radius 3 is 2.59 bits per heavy atom. The molecule has 1 aromatic carbocycles. The van der Waals surface area contributed by atoms with Crippen molar-refractivity contribution in [3.8, 4) is 0 Å². The second-order valence-electron chi connectivity index (χ2n) is 6.75. The van der Waals surface area contributed by atoms with Gasteiger partial charge in [-0.25, -0.2) is 9.59 Å². The first kappa shape index (κ1) is 22.8. The molecule has 0 saturated heterocycles. The molecular formula is C19H28N2O5S. The van der Waals surface area contributed by atoms with Crippen LogP contribution in [0.4, 0.5) is 10.5 Å². The van der Waals surface area contributed by atoms with Crippen molar-refractivity contribution in [2.75, 3.05) is 30.0 Å². The molecule has 0 saturated carbocycles. The Hall–Kier alpha value is -2.22. The lowest BCUT2D eigenvalue weighted by Crippen LogP contribution is -2.33. The number of thioether (sulfide) groups is 1. The number of hydrogen-bond acceptors (Lipinski definition) is 6. The summed E-state index contributed by atoms with van der Waals surface area (Å²) in [5, 5.41) is 5.38. The van der Waals surface area contributed by atoms with Crippen LogP contribution < -0.4 is 10.6 Å². The van der Waals surface area contributed by atoms with E-state index in [1.807, 2.05) is 6.92 Å². The second kappa shape index (κ2) is 11.5. The summed E-state index contributed by atoms with van der Waals surface area (Å²) in [7, 11) is 0. The SMILES string of the molecule is CCCOC(=O)c1cccc(NC(=O)CSCCNC(=O)OC(C)(C)C)c1. The Morgan fingerprint density at radius 1 is 1.19 bits per heavy atom. The van der Waals surface area contributed by atoms with Crippen LogP contribution in [0.5, 0.6) is 0 Å². The van der Waals surface area contributed by atoms with Gasteiger partial charge in [-0.2, -0.15) is 11.8 Å². The zero-order valence-electron chi connectivity index (χ0n) is 16.3. The zero-order valence-corrected chi connectivity index (χ0v) is 17.1. The Kier molecular flexibility index (Phi) is 9.71. The highest BCUT2D eigenvalue weighted by atomic mass is 32.2.